The van der Waals surface area contributed by atoms with E-state index in [9.17, 15) is 9.59 Å². The third-order valence-electron chi connectivity index (χ3n) is 3.63. The van der Waals surface area contributed by atoms with Crippen LogP contribution in [0.5, 0.6) is 11.5 Å². The van der Waals surface area contributed by atoms with Crippen molar-refractivity contribution in [1.82, 2.24) is 0 Å². The zero-order chi connectivity index (χ0) is 17.6. The molecular formula is C21H17NO3. The van der Waals surface area contributed by atoms with E-state index in [0.717, 1.165) is 0 Å². The van der Waals surface area contributed by atoms with E-state index >= 15 is 0 Å². The van der Waals surface area contributed by atoms with Crippen LogP contribution in [-0.2, 0) is 0 Å². The van der Waals surface area contributed by atoms with Crippen LogP contribution in [0.4, 0.5) is 5.69 Å². The maximum atomic E-state index is 12.6. The van der Waals surface area contributed by atoms with E-state index in [1.54, 1.807) is 42.5 Å². The second kappa shape index (κ2) is 7.45. The monoisotopic (exact) mass is 331 g/mol. The summed E-state index contributed by atoms with van der Waals surface area (Å²) in [6, 6.07) is 23.1. The van der Waals surface area contributed by atoms with Gasteiger partial charge in [0.05, 0.1) is 5.56 Å². The van der Waals surface area contributed by atoms with Gasteiger partial charge in [-0.05, 0) is 43.3 Å². The van der Waals surface area contributed by atoms with Crippen LogP contribution in [0.2, 0.25) is 0 Å². The van der Waals surface area contributed by atoms with E-state index in [-0.39, 0.29) is 11.7 Å². The summed E-state index contributed by atoms with van der Waals surface area (Å²) in [5.41, 5.74) is 1.53. The number of amides is 1. The molecule has 0 fully saturated rings. The number of hydrogen-bond acceptors (Lipinski definition) is 3. The molecular weight excluding hydrogens is 314 g/mol. The minimum atomic E-state index is -0.299. The molecule has 0 spiro atoms. The summed E-state index contributed by atoms with van der Waals surface area (Å²) in [7, 11) is 0. The molecule has 3 rings (SSSR count). The van der Waals surface area contributed by atoms with Crippen molar-refractivity contribution >= 4 is 17.4 Å². The molecule has 0 saturated carbocycles. The Morgan fingerprint density at radius 3 is 2.32 bits per heavy atom. The predicted molar refractivity (Wildman–Crippen MR) is 97.4 cm³/mol. The van der Waals surface area contributed by atoms with Gasteiger partial charge in [-0.2, -0.15) is 0 Å². The number of carbonyl (C=O) groups is 2. The van der Waals surface area contributed by atoms with Crippen molar-refractivity contribution < 1.29 is 14.3 Å². The molecule has 0 heterocycles. The quantitative estimate of drug-likeness (QED) is 0.674. The number of nitrogens with one attached hydrogen (secondary N) is 1. The van der Waals surface area contributed by atoms with Gasteiger partial charge < -0.3 is 10.1 Å². The standard InChI is InChI=1S/C21H17NO3/c1-15(23)16-8-7-9-17(14-16)22-21(24)19-12-5-6-13-20(19)25-18-10-3-2-4-11-18/h2-14H,1H3,(H,22,24). The molecule has 4 heteroatoms. The first-order valence-electron chi connectivity index (χ1n) is 7.88. The first kappa shape index (κ1) is 16.5. The molecule has 0 unspecified atom stereocenters. The molecule has 0 aliphatic carbocycles. The van der Waals surface area contributed by atoms with Crippen LogP contribution in [0.15, 0.2) is 78.9 Å². The average molecular weight is 331 g/mol. The largest absolute Gasteiger partial charge is 0.457 e. The summed E-state index contributed by atoms with van der Waals surface area (Å²) in [5.74, 6) is 0.770. The van der Waals surface area contributed by atoms with Crippen molar-refractivity contribution in [2.75, 3.05) is 5.32 Å². The highest BCUT2D eigenvalue weighted by Crippen LogP contribution is 2.26. The van der Waals surface area contributed by atoms with Crippen molar-refractivity contribution in [3.05, 3.63) is 90.0 Å². The van der Waals surface area contributed by atoms with Crippen LogP contribution in [0.25, 0.3) is 0 Å². The lowest BCUT2D eigenvalue weighted by Crippen LogP contribution is -2.13. The summed E-state index contributed by atoms with van der Waals surface area (Å²) in [4.78, 5) is 24.1. The van der Waals surface area contributed by atoms with Crippen molar-refractivity contribution in [2.24, 2.45) is 0 Å². The number of ether oxygens (including phenoxy) is 1. The molecule has 0 bridgehead atoms. The lowest BCUT2D eigenvalue weighted by Gasteiger charge is -2.11. The van der Waals surface area contributed by atoms with E-state index in [4.69, 9.17) is 4.74 Å². The number of Topliss-reactive ketones (excluding diaryl/α,β-unsaturated/α-hetero) is 1. The van der Waals surface area contributed by atoms with E-state index in [0.29, 0.717) is 28.3 Å². The molecule has 0 saturated heterocycles. The highest BCUT2D eigenvalue weighted by molar-refractivity contribution is 6.06. The minimum absolute atomic E-state index is 0.0519. The van der Waals surface area contributed by atoms with Gasteiger partial charge in [0.15, 0.2) is 5.78 Å². The molecule has 4 nitrogen and oxygen atoms in total. The Morgan fingerprint density at radius 2 is 1.56 bits per heavy atom. The number of hydrogen-bond donors (Lipinski definition) is 1. The molecule has 0 aromatic heterocycles. The molecule has 3 aromatic carbocycles. The molecule has 124 valence electrons. The van der Waals surface area contributed by atoms with Crippen LogP contribution in [0.1, 0.15) is 27.6 Å². The zero-order valence-corrected chi connectivity index (χ0v) is 13.7. The van der Waals surface area contributed by atoms with Gasteiger partial charge in [0, 0.05) is 11.3 Å². The number of rotatable bonds is 5. The Hall–Kier alpha value is -3.40. The Morgan fingerprint density at radius 1 is 0.840 bits per heavy atom. The van der Waals surface area contributed by atoms with E-state index in [2.05, 4.69) is 5.32 Å². The fraction of sp³-hybridized carbons (Fsp3) is 0.0476. The summed E-state index contributed by atoms with van der Waals surface area (Å²) < 4.78 is 5.82. The smallest absolute Gasteiger partial charge is 0.259 e. The molecule has 0 radical (unpaired) electrons. The van der Waals surface area contributed by atoms with Crippen LogP contribution in [0.3, 0.4) is 0 Å². The molecule has 3 aromatic rings. The molecule has 0 aliphatic heterocycles. The fourth-order valence-electron chi connectivity index (χ4n) is 2.37. The topological polar surface area (TPSA) is 55.4 Å². The highest BCUT2D eigenvalue weighted by Gasteiger charge is 2.13. The molecule has 1 amide bonds. The van der Waals surface area contributed by atoms with Crippen LogP contribution in [-0.4, -0.2) is 11.7 Å². The Bertz CT molecular complexity index is 904. The number of ketones is 1. The third-order valence-corrected chi connectivity index (χ3v) is 3.63. The summed E-state index contributed by atoms with van der Waals surface area (Å²) >= 11 is 0. The summed E-state index contributed by atoms with van der Waals surface area (Å²) in [6.45, 7) is 1.49. The lowest BCUT2D eigenvalue weighted by molar-refractivity contribution is 0.101. The van der Waals surface area contributed by atoms with Crippen molar-refractivity contribution in [3.8, 4) is 11.5 Å². The zero-order valence-electron chi connectivity index (χ0n) is 13.7. The lowest BCUT2D eigenvalue weighted by atomic mass is 10.1. The second-order valence-electron chi connectivity index (χ2n) is 5.50. The fourth-order valence-corrected chi connectivity index (χ4v) is 2.37. The number of benzene rings is 3. The van der Waals surface area contributed by atoms with Crippen molar-refractivity contribution in [1.29, 1.82) is 0 Å². The van der Waals surface area contributed by atoms with Gasteiger partial charge >= 0.3 is 0 Å². The van der Waals surface area contributed by atoms with Gasteiger partial charge in [-0.25, -0.2) is 0 Å². The summed E-state index contributed by atoms with van der Waals surface area (Å²) in [6.07, 6.45) is 0. The van der Waals surface area contributed by atoms with Gasteiger partial charge in [-0.15, -0.1) is 0 Å². The molecule has 1 N–H and O–H groups in total. The summed E-state index contributed by atoms with van der Waals surface area (Å²) in [5, 5.41) is 2.81. The number of anilines is 1. The maximum absolute atomic E-state index is 12.6. The highest BCUT2D eigenvalue weighted by atomic mass is 16.5. The molecule has 0 atom stereocenters. The van der Waals surface area contributed by atoms with Crippen LogP contribution < -0.4 is 10.1 Å². The molecule has 0 aliphatic rings. The Labute approximate surface area is 146 Å². The van der Waals surface area contributed by atoms with E-state index in [1.165, 1.54) is 6.92 Å². The van der Waals surface area contributed by atoms with Gasteiger partial charge in [-0.3, -0.25) is 9.59 Å². The maximum Gasteiger partial charge on any atom is 0.259 e. The minimum Gasteiger partial charge on any atom is -0.457 e. The van der Waals surface area contributed by atoms with Gasteiger partial charge in [0.25, 0.3) is 5.91 Å². The SMILES string of the molecule is CC(=O)c1cccc(NC(=O)c2ccccc2Oc2ccccc2)c1. The van der Waals surface area contributed by atoms with Gasteiger partial charge in [-0.1, -0.05) is 42.5 Å². The van der Waals surface area contributed by atoms with Gasteiger partial charge in [0.1, 0.15) is 11.5 Å². The normalized spacial score (nSPS) is 10.1. The van der Waals surface area contributed by atoms with Crippen molar-refractivity contribution in [3.63, 3.8) is 0 Å². The Balaban J connectivity index is 1.83. The predicted octanol–water partition coefficient (Wildman–Crippen LogP) is 4.93. The number of para-hydroxylation sites is 2. The van der Waals surface area contributed by atoms with E-state index < -0.39 is 0 Å². The van der Waals surface area contributed by atoms with Crippen LogP contribution in [0, 0.1) is 0 Å². The first-order chi connectivity index (χ1) is 12.1. The van der Waals surface area contributed by atoms with Crippen LogP contribution >= 0.6 is 0 Å². The van der Waals surface area contributed by atoms with E-state index in [1.807, 2.05) is 36.4 Å². The van der Waals surface area contributed by atoms with Crippen molar-refractivity contribution in [2.45, 2.75) is 6.92 Å². The van der Waals surface area contributed by atoms with Gasteiger partial charge in [0.2, 0.25) is 0 Å². The number of carbonyl (C=O) groups excluding carboxylic acids is 2. The first-order valence-corrected chi connectivity index (χ1v) is 7.88. The Kier molecular flexibility index (Phi) is 4.90. The molecule has 25 heavy (non-hydrogen) atoms. The average Bonchev–Trinajstić information content (AvgIpc) is 2.63. The third kappa shape index (κ3) is 4.12. The second-order valence-corrected chi connectivity index (χ2v) is 5.50.